The number of hydrogen-bond acceptors (Lipinski definition) is 5. The smallest absolute Gasteiger partial charge is 0.332 e. The Bertz CT molecular complexity index is 694. The predicted molar refractivity (Wildman–Crippen MR) is 87.2 cm³/mol. The predicted octanol–water partition coefficient (Wildman–Crippen LogP) is 0.215. The van der Waals surface area contributed by atoms with E-state index in [9.17, 15) is 14.4 Å². The van der Waals surface area contributed by atoms with Gasteiger partial charge in [0.2, 0.25) is 0 Å². The lowest BCUT2D eigenvalue weighted by molar-refractivity contribution is 0.0851. The summed E-state index contributed by atoms with van der Waals surface area (Å²) in [5.74, 6) is -0.470. The molecule has 0 aliphatic carbocycles. The molecule has 0 aromatic carbocycles. The summed E-state index contributed by atoms with van der Waals surface area (Å²) in [5, 5.41) is 0. The van der Waals surface area contributed by atoms with Gasteiger partial charge in [-0.15, -0.1) is 0 Å². The highest BCUT2D eigenvalue weighted by molar-refractivity contribution is 6.01. The van der Waals surface area contributed by atoms with Gasteiger partial charge in [-0.1, -0.05) is 20.8 Å². The first-order chi connectivity index (χ1) is 9.89. The Morgan fingerprint density at radius 1 is 1.23 bits per heavy atom. The van der Waals surface area contributed by atoms with Crippen LogP contribution in [0.25, 0.3) is 0 Å². The molecule has 0 aliphatic heterocycles. The Morgan fingerprint density at radius 3 is 2.18 bits per heavy atom. The summed E-state index contributed by atoms with van der Waals surface area (Å²) in [6.07, 6.45) is 0. The quantitative estimate of drug-likeness (QED) is 0.803. The minimum absolute atomic E-state index is 0.00488. The molecule has 0 amide bonds. The van der Waals surface area contributed by atoms with Gasteiger partial charge in [0, 0.05) is 20.1 Å². The molecule has 0 saturated carbocycles. The first-order valence-corrected chi connectivity index (χ1v) is 7.18. The van der Waals surface area contributed by atoms with Crippen molar-refractivity contribution in [2.75, 3.05) is 19.3 Å². The topological polar surface area (TPSA) is 90.3 Å². The Hall–Kier alpha value is -1.89. The van der Waals surface area contributed by atoms with E-state index in [0.29, 0.717) is 0 Å². The van der Waals surface area contributed by atoms with Crippen LogP contribution in [0.5, 0.6) is 0 Å². The number of rotatable bonds is 4. The highest BCUT2D eigenvalue weighted by Crippen LogP contribution is 2.23. The fourth-order valence-electron chi connectivity index (χ4n) is 2.23. The fourth-order valence-corrected chi connectivity index (χ4v) is 2.23. The van der Waals surface area contributed by atoms with Gasteiger partial charge in [0.15, 0.2) is 5.78 Å². The number of aromatic nitrogens is 2. The zero-order valence-electron chi connectivity index (χ0n) is 14.4. The van der Waals surface area contributed by atoms with E-state index in [2.05, 4.69) is 20.8 Å². The second-order valence-corrected chi connectivity index (χ2v) is 6.85. The van der Waals surface area contributed by atoms with E-state index in [4.69, 9.17) is 5.73 Å². The first-order valence-electron chi connectivity index (χ1n) is 7.18. The average molecular weight is 310 g/mol. The van der Waals surface area contributed by atoms with Crippen LogP contribution < -0.4 is 17.0 Å². The number of nitrogens with two attached hydrogens (primary N) is 1. The molecule has 22 heavy (non-hydrogen) atoms. The van der Waals surface area contributed by atoms with Crippen LogP contribution >= 0.6 is 0 Å². The first kappa shape index (κ1) is 18.2. The van der Waals surface area contributed by atoms with Gasteiger partial charge in [0.25, 0.3) is 5.56 Å². The normalized spacial score (nSPS) is 13.5. The summed E-state index contributed by atoms with van der Waals surface area (Å²) in [5.41, 5.74) is 4.47. The van der Waals surface area contributed by atoms with E-state index >= 15 is 0 Å². The molecule has 1 rings (SSSR count). The van der Waals surface area contributed by atoms with Crippen molar-refractivity contribution in [1.82, 2.24) is 14.0 Å². The Morgan fingerprint density at radius 2 is 1.73 bits per heavy atom. The van der Waals surface area contributed by atoms with E-state index in [1.807, 2.05) is 18.9 Å². The van der Waals surface area contributed by atoms with Crippen LogP contribution in [0.15, 0.2) is 9.59 Å². The van der Waals surface area contributed by atoms with E-state index in [0.717, 1.165) is 9.13 Å². The average Bonchev–Trinajstić information content (AvgIpc) is 2.41. The van der Waals surface area contributed by atoms with Gasteiger partial charge in [-0.2, -0.15) is 0 Å². The largest absolute Gasteiger partial charge is 0.384 e. The summed E-state index contributed by atoms with van der Waals surface area (Å²) >= 11 is 0. The molecule has 7 nitrogen and oxygen atoms in total. The minimum atomic E-state index is -0.651. The molecule has 7 heteroatoms. The van der Waals surface area contributed by atoms with Crippen molar-refractivity contribution in [3.8, 4) is 0 Å². The Balaban J connectivity index is 3.21. The monoisotopic (exact) mass is 310 g/mol. The van der Waals surface area contributed by atoms with Crippen LogP contribution in [0.1, 0.15) is 38.1 Å². The van der Waals surface area contributed by atoms with Gasteiger partial charge in [-0.05, 0) is 19.4 Å². The summed E-state index contributed by atoms with van der Waals surface area (Å²) in [6, 6.07) is 0.133. The van der Waals surface area contributed by atoms with Gasteiger partial charge in [0.05, 0.1) is 6.54 Å². The van der Waals surface area contributed by atoms with Crippen LogP contribution in [0.4, 0.5) is 5.82 Å². The maximum atomic E-state index is 12.5. The van der Waals surface area contributed by atoms with E-state index in [1.54, 1.807) is 0 Å². The van der Waals surface area contributed by atoms with Gasteiger partial charge in [-0.3, -0.25) is 23.6 Å². The molecule has 124 valence electrons. The van der Waals surface area contributed by atoms with Crippen LogP contribution in [0.3, 0.4) is 0 Å². The standard InChI is InChI=1S/C15H26N4O3/c1-9(15(2,3)4)17(5)8-10(20)11-12(16)18(6)14(22)19(7)13(11)21/h9H,8,16H2,1-7H3. The van der Waals surface area contributed by atoms with E-state index in [1.165, 1.54) is 14.1 Å². The summed E-state index contributed by atoms with van der Waals surface area (Å²) in [6.45, 7) is 8.33. The van der Waals surface area contributed by atoms with Crippen LogP contribution in [0.2, 0.25) is 0 Å². The van der Waals surface area contributed by atoms with Crippen LogP contribution in [-0.4, -0.2) is 39.5 Å². The SMILES string of the molecule is CC(N(C)CC(=O)c1c(N)n(C)c(=O)n(C)c1=O)C(C)(C)C. The van der Waals surface area contributed by atoms with Crippen molar-refractivity contribution in [3.63, 3.8) is 0 Å². The number of carbonyl (C=O) groups excluding carboxylic acids is 1. The number of nitrogen functional groups attached to an aromatic ring is 1. The van der Waals surface area contributed by atoms with Gasteiger partial charge >= 0.3 is 5.69 Å². The third-order valence-electron chi connectivity index (χ3n) is 4.30. The molecule has 1 atom stereocenters. The molecule has 1 unspecified atom stereocenters. The maximum Gasteiger partial charge on any atom is 0.332 e. The molecule has 0 radical (unpaired) electrons. The molecule has 2 N–H and O–H groups in total. The molecule has 0 spiro atoms. The summed E-state index contributed by atoms with van der Waals surface area (Å²) < 4.78 is 2.01. The summed E-state index contributed by atoms with van der Waals surface area (Å²) in [4.78, 5) is 38.3. The van der Waals surface area contributed by atoms with Crippen molar-refractivity contribution in [2.24, 2.45) is 19.5 Å². The van der Waals surface area contributed by atoms with Gasteiger partial charge < -0.3 is 5.73 Å². The zero-order valence-corrected chi connectivity index (χ0v) is 14.4. The Labute approximate surface area is 130 Å². The zero-order chi connectivity index (χ0) is 17.4. The lowest BCUT2D eigenvalue weighted by atomic mass is 9.87. The maximum absolute atomic E-state index is 12.5. The lowest BCUT2D eigenvalue weighted by Gasteiger charge is -2.35. The summed E-state index contributed by atoms with van der Waals surface area (Å²) in [7, 11) is 4.61. The van der Waals surface area contributed by atoms with Crippen molar-refractivity contribution in [2.45, 2.75) is 33.7 Å². The highest BCUT2D eigenvalue weighted by atomic mass is 16.2. The van der Waals surface area contributed by atoms with Crippen LogP contribution in [-0.2, 0) is 14.1 Å². The van der Waals surface area contributed by atoms with E-state index in [-0.39, 0.29) is 35.2 Å². The third kappa shape index (κ3) is 3.30. The number of anilines is 1. The number of nitrogens with zero attached hydrogens (tertiary/aromatic N) is 3. The number of likely N-dealkylation sites (N-methyl/N-ethyl adjacent to an activating group) is 1. The lowest BCUT2D eigenvalue weighted by Crippen LogP contribution is -2.45. The molecule has 0 aliphatic rings. The van der Waals surface area contributed by atoms with Crippen LogP contribution in [0, 0.1) is 5.41 Å². The third-order valence-corrected chi connectivity index (χ3v) is 4.30. The minimum Gasteiger partial charge on any atom is -0.384 e. The van der Waals surface area contributed by atoms with Gasteiger partial charge in [0.1, 0.15) is 11.4 Å². The fraction of sp³-hybridized carbons (Fsp3) is 0.667. The number of carbonyl (C=O) groups is 1. The molecule has 0 fully saturated rings. The van der Waals surface area contributed by atoms with Gasteiger partial charge in [-0.25, -0.2) is 4.79 Å². The molecule has 1 heterocycles. The Kier molecular flexibility index (Phi) is 5.02. The molecular weight excluding hydrogens is 284 g/mol. The molecule has 1 aromatic heterocycles. The second-order valence-electron chi connectivity index (χ2n) is 6.85. The second kappa shape index (κ2) is 6.08. The molecule has 0 saturated heterocycles. The number of hydrogen-bond donors (Lipinski definition) is 1. The van der Waals surface area contributed by atoms with E-state index < -0.39 is 11.2 Å². The van der Waals surface area contributed by atoms with Crippen molar-refractivity contribution < 1.29 is 4.79 Å². The van der Waals surface area contributed by atoms with Crippen molar-refractivity contribution in [3.05, 3.63) is 26.4 Å². The molecule has 1 aromatic rings. The molecule has 0 bridgehead atoms. The van der Waals surface area contributed by atoms with Crippen molar-refractivity contribution >= 4 is 11.6 Å². The number of Topliss-reactive ketones (excluding diaryl/α,β-unsaturated/α-hetero) is 1. The number of ketones is 1. The highest BCUT2D eigenvalue weighted by Gasteiger charge is 2.27. The van der Waals surface area contributed by atoms with Crippen molar-refractivity contribution in [1.29, 1.82) is 0 Å². The molecular formula is C15H26N4O3.